The Morgan fingerprint density at radius 3 is 2.48 bits per heavy atom. The average molecular weight is 454 g/mol. The summed E-state index contributed by atoms with van der Waals surface area (Å²) < 4.78 is 18.8. The number of nitrogens with zero attached hydrogens (tertiary/aromatic N) is 3. The van der Waals surface area contributed by atoms with Gasteiger partial charge >= 0.3 is 0 Å². The third-order valence-corrected chi connectivity index (χ3v) is 5.35. The molecule has 1 heterocycles. The fourth-order valence-electron chi connectivity index (χ4n) is 3.65. The molecule has 0 saturated heterocycles. The minimum Gasteiger partial charge on any atom is -0.439 e. The molecule has 0 unspecified atom stereocenters. The topological polar surface area (TPSA) is 69.0 Å². The van der Waals surface area contributed by atoms with Crippen molar-refractivity contribution >= 4 is 0 Å². The van der Waals surface area contributed by atoms with E-state index in [1.165, 1.54) is 5.56 Å². The molecular formula is C26H35N3O4. The van der Waals surface area contributed by atoms with Crippen LogP contribution in [0.5, 0.6) is 11.6 Å². The lowest BCUT2D eigenvalue weighted by Gasteiger charge is -2.25. The molecule has 0 fully saturated rings. The Bertz CT molecular complexity index is 973. The van der Waals surface area contributed by atoms with E-state index < -0.39 is 6.10 Å². The van der Waals surface area contributed by atoms with Crippen LogP contribution in [0, 0.1) is 6.92 Å². The van der Waals surface area contributed by atoms with Gasteiger partial charge < -0.3 is 19.3 Å². The predicted octanol–water partition coefficient (Wildman–Crippen LogP) is 4.03. The lowest BCUT2D eigenvalue weighted by atomic mass is 10.1. The standard InChI is InChI=1S/C26H35N3O4/c1-5-32-19-22(30)17-29(15-16-31-4)18-24-25(21-9-7-6-8-10-21)27-28(3)26(24)33-23-13-11-20(2)12-14-23/h6-14,22,30H,5,15-19H2,1-4H3/t22-/m0/s1. The van der Waals surface area contributed by atoms with Crippen LogP contribution in [0.3, 0.4) is 0 Å². The third-order valence-electron chi connectivity index (χ3n) is 5.35. The van der Waals surface area contributed by atoms with E-state index in [1.807, 2.05) is 75.5 Å². The smallest absolute Gasteiger partial charge is 0.222 e. The van der Waals surface area contributed by atoms with Crippen LogP contribution in [0.25, 0.3) is 11.3 Å². The van der Waals surface area contributed by atoms with E-state index in [1.54, 1.807) is 11.8 Å². The van der Waals surface area contributed by atoms with Crippen LogP contribution in [0.2, 0.25) is 0 Å². The van der Waals surface area contributed by atoms with Crippen molar-refractivity contribution in [1.82, 2.24) is 14.7 Å². The molecule has 33 heavy (non-hydrogen) atoms. The number of aliphatic hydroxyl groups is 1. The van der Waals surface area contributed by atoms with E-state index >= 15 is 0 Å². The maximum Gasteiger partial charge on any atom is 0.222 e. The van der Waals surface area contributed by atoms with Gasteiger partial charge in [-0.1, -0.05) is 48.0 Å². The van der Waals surface area contributed by atoms with Gasteiger partial charge in [0.1, 0.15) is 11.4 Å². The van der Waals surface area contributed by atoms with Crippen LogP contribution >= 0.6 is 0 Å². The highest BCUT2D eigenvalue weighted by molar-refractivity contribution is 5.65. The van der Waals surface area contributed by atoms with Gasteiger partial charge in [-0.15, -0.1) is 0 Å². The molecule has 7 heteroatoms. The maximum absolute atomic E-state index is 10.5. The molecule has 0 spiro atoms. The molecule has 3 aromatic rings. The Labute approximate surface area is 196 Å². The van der Waals surface area contributed by atoms with Gasteiger partial charge in [-0.2, -0.15) is 5.10 Å². The van der Waals surface area contributed by atoms with Crippen LogP contribution in [-0.2, 0) is 23.1 Å². The molecule has 0 aliphatic heterocycles. The summed E-state index contributed by atoms with van der Waals surface area (Å²) >= 11 is 0. The van der Waals surface area contributed by atoms with Crippen LogP contribution in [0.1, 0.15) is 18.1 Å². The lowest BCUT2D eigenvalue weighted by Crippen LogP contribution is -2.36. The Hall–Kier alpha value is -2.71. The molecule has 0 aliphatic carbocycles. The molecule has 1 atom stereocenters. The van der Waals surface area contributed by atoms with Crippen molar-refractivity contribution in [2.45, 2.75) is 26.5 Å². The zero-order valence-electron chi connectivity index (χ0n) is 20.0. The normalized spacial score (nSPS) is 12.3. The Kier molecular flexibility index (Phi) is 9.45. The van der Waals surface area contributed by atoms with Crippen molar-refractivity contribution in [2.24, 2.45) is 7.05 Å². The van der Waals surface area contributed by atoms with Gasteiger partial charge in [-0.05, 0) is 26.0 Å². The highest BCUT2D eigenvalue weighted by Gasteiger charge is 2.23. The van der Waals surface area contributed by atoms with Crippen LogP contribution < -0.4 is 4.74 Å². The van der Waals surface area contributed by atoms with Crippen molar-refractivity contribution in [2.75, 3.05) is 40.0 Å². The second-order valence-electron chi connectivity index (χ2n) is 8.08. The van der Waals surface area contributed by atoms with E-state index in [9.17, 15) is 5.11 Å². The molecule has 0 radical (unpaired) electrons. The molecule has 1 N–H and O–H groups in total. The first-order valence-corrected chi connectivity index (χ1v) is 11.3. The summed E-state index contributed by atoms with van der Waals surface area (Å²) in [6.45, 7) is 7.06. The van der Waals surface area contributed by atoms with Crippen molar-refractivity contribution in [3.63, 3.8) is 0 Å². The molecule has 178 valence electrons. The maximum atomic E-state index is 10.5. The fourth-order valence-corrected chi connectivity index (χ4v) is 3.65. The highest BCUT2D eigenvalue weighted by Crippen LogP contribution is 2.34. The van der Waals surface area contributed by atoms with Crippen LogP contribution in [-0.4, -0.2) is 65.9 Å². The fraction of sp³-hybridized carbons (Fsp3) is 0.423. The number of aromatic nitrogens is 2. The highest BCUT2D eigenvalue weighted by atomic mass is 16.5. The van der Waals surface area contributed by atoms with Crippen molar-refractivity contribution in [1.29, 1.82) is 0 Å². The summed E-state index contributed by atoms with van der Waals surface area (Å²) in [4.78, 5) is 2.15. The van der Waals surface area contributed by atoms with E-state index in [0.717, 1.165) is 22.6 Å². The molecule has 0 aliphatic rings. The van der Waals surface area contributed by atoms with Crippen LogP contribution in [0.4, 0.5) is 0 Å². The van der Waals surface area contributed by atoms with Gasteiger partial charge in [0, 0.05) is 46.0 Å². The van der Waals surface area contributed by atoms with Gasteiger partial charge in [-0.3, -0.25) is 4.90 Å². The van der Waals surface area contributed by atoms with Crippen LogP contribution in [0.15, 0.2) is 54.6 Å². The number of aryl methyl sites for hydroxylation is 2. The number of ether oxygens (including phenoxy) is 3. The summed E-state index contributed by atoms with van der Waals surface area (Å²) in [6, 6.07) is 18.1. The molecule has 2 aromatic carbocycles. The number of benzene rings is 2. The minimum absolute atomic E-state index is 0.297. The summed E-state index contributed by atoms with van der Waals surface area (Å²) in [6.07, 6.45) is -0.597. The average Bonchev–Trinajstić information content (AvgIpc) is 3.13. The van der Waals surface area contributed by atoms with E-state index in [0.29, 0.717) is 45.3 Å². The lowest BCUT2D eigenvalue weighted by molar-refractivity contribution is 0.0148. The minimum atomic E-state index is -0.597. The van der Waals surface area contributed by atoms with Crippen molar-refractivity contribution in [3.05, 3.63) is 65.7 Å². The Balaban J connectivity index is 1.95. The SMILES string of the molecule is CCOC[C@@H](O)CN(CCOC)Cc1c(-c2ccccc2)nn(C)c1Oc1ccc(C)cc1. The number of hydrogen-bond donors (Lipinski definition) is 1. The second kappa shape index (κ2) is 12.5. The summed E-state index contributed by atoms with van der Waals surface area (Å²) in [5.74, 6) is 1.43. The van der Waals surface area contributed by atoms with E-state index in [-0.39, 0.29) is 0 Å². The first-order chi connectivity index (χ1) is 16.0. The Morgan fingerprint density at radius 2 is 1.82 bits per heavy atom. The molecule has 0 saturated carbocycles. The quantitative estimate of drug-likeness (QED) is 0.421. The van der Waals surface area contributed by atoms with Gasteiger partial charge in [0.05, 0.1) is 24.9 Å². The molecule has 3 rings (SSSR count). The molecule has 0 bridgehead atoms. The zero-order chi connectivity index (χ0) is 23.6. The number of aliphatic hydroxyl groups excluding tert-OH is 1. The monoisotopic (exact) mass is 453 g/mol. The van der Waals surface area contributed by atoms with Gasteiger partial charge in [0.15, 0.2) is 0 Å². The van der Waals surface area contributed by atoms with Gasteiger partial charge in [-0.25, -0.2) is 4.68 Å². The number of rotatable bonds is 13. The Morgan fingerprint density at radius 1 is 1.09 bits per heavy atom. The van der Waals surface area contributed by atoms with E-state index in [4.69, 9.17) is 19.3 Å². The summed E-state index contributed by atoms with van der Waals surface area (Å²) in [5.41, 5.74) is 4.01. The number of methoxy groups -OCH3 is 1. The first-order valence-electron chi connectivity index (χ1n) is 11.3. The zero-order valence-corrected chi connectivity index (χ0v) is 20.0. The molecule has 7 nitrogen and oxygen atoms in total. The molecular weight excluding hydrogens is 418 g/mol. The summed E-state index contributed by atoms with van der Waals surface area (Å²) in [7, 11) is 3.57. The van der Waals surface area contributed by atoms with E-state index in [2.05, 4.69) is 4.90 Å². The van der Waals surface area contributed by atoms with Gasteiger partial charge in [0.25, 0.3) is 0 Å². The van der Waals surface area contributed by atoms with Gasteiger partial charge in [0.2, 0.25) is 5.88 Å². The number of hydrogen-bond acceptors (Lipinski definition) is 6. The first kappa shape index (κ1) is 24.9. The molecule has 0 amide bonds. The third kappa shape index (κ3) is 7.14. The predicted molar refractivity (Wildman–Crippen MR) is 130 cm³/mol. The van der Waals surface area contributed by atoms with Crippen molar-refractivity contribution in [3.8, 4) is 22.9 Å². The molecule has 1 aromatic heterocycles. The second-order valence-corrected chi connectivity index (χ2v) is 8.08. The van der Waals surface area contributed by atoms with Crippen molar-refractivity contribution < 1.29 is 19.3 Å². The largest absolute Gasteiger partial charge is 0.439 e. The summed E-state index contributed by atoms with van der Waals surface area (Å²) in [5, 5.41) is 15.3.